The van der Waals surface area contributed by atoms with Crippen molar-refractivity contribution < 1.29 is 14.9 Å². The van der Waals surface area contributed by atoms with Crippen LogP contribution in [0.15, 0.2) is 0 Å². The summed E-state index contributed by atoms with van der Waals surface area (Å²) in [6, 6.07) is 0. The summed E-state index contributed by atoms with van der Waals surface area (Å²) in [7, 11) is 0. The Balaban J connectivity index is 2.44. The molecule has 0 radical (unpaired) electrons. The Labute approximate surface area is 98.8 Å². The topological polar surface area (TPSA) is 49.7 Å². The summed E-state index contributed by atoms with van der Waals surface area (Å²) in [4.78, 5) is 0. The molecule has 3 heteroatoms. The third-order valence-corrected chi connectivity index (χ3v) is 3.67. The molecule has 0 spiro atoms. The van der Waals surface area contributed by atoms with Crippen molar-refractivity contribution >= 4 is 0 Å². The number of hydrogen-bond acceptors (Lipinski definition) is 3. The smallest absolute Gasteiger partial charge is 0.100 e. The van der Waals surface area contributed by atoms with E-state index < -0.39 is 6.10 Å². The van der Waals surface area contributed by atoms with Crippen molar-refractivity contribution in [2.24, 2.45) is 17.8 Å². The van der Waals surface area contributed by atoms with Crippen LogP contribution in [0.4, 0.5) is 0 Å². The summed E-state index contributed by atoms with van der Waals surface area (Å²) >= 11 is 0. The lowest BCUT2D eigenvalue weighted by Gasteiger charge is -2.37. The molecular formula is C13H26O3. The molecule has 96 valence electrons. The molecule has 0 heterocycles. The molecule has 0 aliphatic heterocycles. The fourth-order valence-electron chi connectivity index (χ4n) is 2.59. The molecule has 2 N–H and O–H groups in total. The van der Waals surface area contributed by atoms with Gasteiger partial charge in [-0.2, -0.15) is 0 Å². The van der Waals surface area contributed by atoms with Gasteiger partial charge in [-0.05, 0) is 30.6 Å². The third kappa shape index (κ3) is 4.04. The molecule has 0 saturated heterocycles. The largest absolute Gasteiger partial charge is 0.394 e. The number of hydrogen-bond donors (Lipinski definition) is 2. The molecule has 4 atom stereocenters. The highest BCUT2D eigenvalue weighted by molar-refractivity contribution is 4.81. The Hall–Kier alpha value is -0.120. The van der Waals surface area contributed by atoms with Gasteiger partial charge < -0.3 is 14.9 Å². The molecule has 1 aliphatic rings. The average molecular weight is 230 g/mol. The van der Waals surface area contributed by atoms with Crippen LogP contribution >= 0.6 is 0 Å². The minimum absolute atomic E-state index is 0.214. The van der Waals surface area contributed by atoms with E-state index in [1.54, 1.807) is 0 Å². The van der Waals surface area contributed by atoms with E-state index in [0.717, 1.165) is 6.42 Å². The summed E-state index contributed by atoms with van der Waals surface area (Å²) in [5, 5.41) is 18.1. The molecule has 16 heavy (non-hydrogen) atoms. The summed E-state index contributed by atoms with van der Waals surface area (Å²) in [6.07, 6.45) is 3.11. The zero-order valence-corrected chi connectivity index (χ0v) is 10.7. The van der Waals surface area contributed by atoms with E-state index >= 15 is 0 Å². The summed E-state index contributed by atoms with van der Waals surface area (Å²) in [5.74, 6) is 1.94. The second-order valence-corrected chi connectivity index (χ2v) is 5.53. The Bertz CT molecular complexity index is 194. The fourth-order valence-corrected chi connectivity index (χ4v) is 2.59. The highest BCUT2D eigenvalue weighted by Gasteiger charge is 2.31. The lowest BCUT2D eigenvalue weighted by Crippen LogP contribution is -2.36. The second kappa shape index (κ2) is 6.58. The van der Waals surface area contributed by atoms with Gasteiger partial charge >= 0.3 is 0 Å². The minimum atomic E-state index is -0.731. The van der Waals surface area contributed by atoms with Crippen LogP contribution < -0.4 is 0 Å². The standard InChI is InChI=1S/C13H26O3/c1-9(2)12-5-4-10(3)6-13(12)16-8-11(15)7-14/h9-15H,4-8H2,1-3H3/t10-,11?,12+,13-/m0/s1. The maximum atomic E-state index is 9.30. The van der Waals surface area contributed by atoms with Crippen LogP contribution in [0, 0.1) is 17.8 Å². The highest BCUT2D eigenvalue weighted by Crippen LogP contribution is 2.35. The molecule has 1 rings (SSSR count). The zero-order valence-electron chi connectivity index (χ0n) is 10.7. The van der Waals surface area contributed by atoms with E-state index in [1.165, 1.54) is 12.8 Å². The van der Waals surface area contributed by atoms with Crippen LogP contribution in [0.25, 0.3) is 0 Å². The first-order valence-electron chi connectivity index (χ1n) is 6.45. The molecule has 0 bridgehead atoms. The van der Waals surface area contributed by atoms with Crippen LogP contribution in [0.2, 0.25) is 0 Å². The number of rotatable bonds is 5. The maximum Gasteiger partial charge on any atom is 0.100 e. The lowest BCUT2D eigenvalue weighted by molar-refractivity contribution is -0.0776. The van der Waals surface area contributed by atoms with Crippen molar-refractivity contribution in [3.63, 3.8) is 0 Å². The molecule has 0 aromatic heterocycles. The van der Waals surface area contributed by atoms with Gasteiger partial charge in [0.05, 0.1) is 19.3 Å². The number of aliphatic hydroxyl groups excluding tert-OH is 2. The van der Waals surface area contributed by atoms with Crippen molar-refractivity contribution in [1.29, 1.82) is 0 Å². The average Bonchev–Trinajstić information content (AvgIpc) is 2.25. The van der Waals surface area contributed by atoms with Crippen molar-refractivity contribution in [1.82, 2.24) is 0 Å². The van der Waals surface area contributed by atoms with Crippen LogP contribution in [-0.4, -0.2) is 35.6 Å². The van der Waals surface area contributed by atoms with Gasteiger partial charge in [-0.3, -0.25) is 0 Å². The van der Waals surface area contributed by atoms with E-state index in [1.807, 2.05) is 0 Å². The molecule has 0 aromatic carbocycles. The van der Waals surface area contributed by atoms with Crippen LogP contribution in [-0.2, 0) is 4.74 Å². The van der Waals surface area contributed by atoms with Crippen LogP contribution in [0.5, 0.6) is 0 Å². The molecule has 3 nitrogen and oxygen atoms in total. The quantitative estimate of drug-likeness (QED) is 0.757. The van der Waals surface area contributed by atoms with E-state index in [0.29, 0.717) is 17.8 Å². The lowest BCUT2D eigenvalue weighted by atomic mass is 9.75. The van der Waals surface area contributed by atoms with Crippen LogP contribution in [0.1, 0.15) is 40.0 Å². The van der Waals surface area contributed by atoms with Crippen molar-refractivity contribution in [3.05, 3.63) is 0 Å². The highest BCUT2D eigenvalue weighted by atomic mass is 16.5. The zero-order chi connectivity index (χ0) is 12.1. The fraction of sp³-hybridized carbons (Fsp3) is 1.00. The van der Waals surface area contributed by atoms with Crippen LogP contribution in [0.3, 0.4) is 0 Å². The minimum Gasteiger partial charge on any atom is -0.394 e. The molecule has 1 saturated carbocycles. The maximum absolute atomic E-state index is 9.30. The number of aliphatic hydroxyl groups is 2. The van der Waals surface area contributed by atoms with Gasteiger partial charge in [0.2, 0.25) is 0 Å². The van der Waals surface area contributed by atoms with Gasteiger partial charge in [0.25, 0.3) is 0 Å². The predicted octanol–water partition coefficient (Wildman–Crippen LogP) is 1.82. The molecule has 1 aliphatic carbocycles. The summed E-state index contributed by atoms with van der Waals surface area (Å²) < 4.78 is 5.77. The van der Waals surface area contributed by atoms with Gasteiger partial charge in [0.1, 0.15) is 6.10 Å². The SMILES string of the molecule is CC(C)[C@H]1CC[C@H](C)C[C@@H]1OCC(O)CO. The van der Waals surface area contributed by atoms with Crippen molar-refractivity contribution in [2.75, 3.05) is 13.2 Å². The Morgan fingerprint density at radius 3 is 2.56 bits per heavy atom. The Morgan fingerprint density at radius 2 is 2.00 bits per heavy atom. The first-order chi connectivity index (χ1) is 7.54. The molecule has 1 fully saturated rings. The summed E-state index contributed by atoms with van der Waals surface area (Å²) in [5.41, 5.74) is 0. The summed E-state index contributed by atoms with van der Waals surface area (Å²) in [6.45, 7) is 6.78. The van der Waals surface area contributed by atoms with Gasteiger partial charge in [-0.25, -0.2) is 0 Å². The number of ether oxygens (including phenoxy) is 1. The Morgan fingerprint density at radius 1 is 1.31 bits per heavy atom. The van der Waals surface area contributed by atoms with Crippen molar-refractivity contribution in [3.8, 4) is 0 Å². The first-order valence-corrected chi connectivity index (χ1v) is 6.45. The monoisotopic (exact) mass is 230 g/mol. The third-order valence-electron chi connectivity index (χ3n) is 3.67. The van der Waals surface area contributed by atoms with E-state index in [9.17, 15) is 5.11 Å². The van der Waals surface area contributed by atoms with Gasteiger partial charge in [-0.1, -0.05) is 27.2 Å². The molecule has 0 aromatic rings. The molecule has 1 unspecified atom stereocenters. The predicted molar refractivity (Wildman–Crippen MR) is 64.2 cm³/mol. The van der Waals surface area contributed by atoms with E-state index in [2.05, 4.69) is 20.8 Å². The second-order valence-electron chi connectivity index (χ2n) is 5.53. The van der Waals surface area contributed by atoms with E-state index in [4.69, 9.17) is 9.84 Å². The molecule has 0 amide bonds. The van der Waals surface area contributed by atoms with Gasteiger partial charge in [-0.15, -0.1) is 0 Å². The van der Waals surface area contributed by atoms with Gasteiger partial charge in [0, 0.05) is 0 Å². The normalized spacial score (nSPS) is 33.0. The Kier molecular flexibility index (Phi) is 5.73. The van der Waals surface area contributed by atoms with E-state index in [-0.39, 0.29) is 19.3 Å². The van der Waals surface area contributed by atoms with Crippen molar-refractivity contribution in [2.45, 2.75) is 52.2 Å². The first kappa shape index (κ1) is 13.9. The van der Waals surface area contributed by atoms with Gasteiger partial charge in [0.15, 0.2) is 0 Å². The molecular weight excluding hydrogens is 204 g/mol.